The molecule has 0 saturated heterocycles. The van der Waals surface area contributed by atoms with Gasteiger partial charge in [0.25, 0.3) is 0 Å². The van der Waals surface area contributed by atoms with Crippen molar-refractivity contribution >= 4 is 29.2 Å². The van der Waals surface area contributed by atoms with Crippen molar-refractivity contribution in [2.24, 2.45) is 0 Å². The van der Waals surface area contributed by atoms with Crippen LogP contribution in [0.5, 0.6) is 0 Å². The molecule has 122 valence electrons. The van der Waals surface area contributed by atoms with Gasteiger partial charge < -0.3 is 10.4 Å². The number of nitrogens with one attached hydrogen (secondary N) is 1. The zero-order valence-corrected chi connectivity index (χ0v) is 14.1. The molecule has 0 fully saturated rings. The maximum absolute atomic E-state index is 11.4. The average molecular weight is 352 g/mol. The summed E-state index contributed by atoms with van der Waals surface area (Å²) in [6.45, 7) is 0.646. The standard InChI is InChI=1S/C18H19Cl2NO2/c19-15-10-9-13(12-16(15)20)6-4-5-11-21-17(18(22)23)14-7-2-1-3-8-14/h1-3,7-10,12,17,21H,4-6,11H2,(H,22,23)/t17-/m1/s1. The van der Waals surface area contributed by atoms with E-state index in [9.17, 15) is 9.90 Å². The number of hydrogen-bond acceptors (Lipinski definition) is 2. The van der Waals surface area contributed by atoms with Crippen LogP contribution in [0.25, 0.3) is 0 Å². The molecule has 5 heteroatoms. The lowest BCUT2D eigenvalue weighted by Crippen LogP contribution is -2.29. The number of aryl methyl sites for hydroxylation is 1. The molecule has 0 bridgehead atoms. The van der Waals surface area contributed by atoms with Crippen molar-refractivity contribution in [3.63, 3.8) is 0 Å². The van der Waals surface area contributed by atoms with Crippen molar-refractivity contribution < 1.29 is 9.90 Å². The van der Waals surface area contributed by atoms with Crippen LogP contribution in [-0.2, 0) is 11.2 Å². The second kappa shape index (κ2) is 8.92. The monoisotopic (exact) mass is 351 g/mol. The van der Waals surface area contributed by atoms with Crippen molar-refractivity contribution in [1.82, 2.24) is 5.32 Å². The normalized spacial score (nSPS) is 12.1. The number of hydrogen-bond donors (Lipinski definition) is 2. The second-order valence-corrected chi connectivity index (χ2v) is 6.16. The van der Waals surface area contributed by atoms with Crippen LogP contribution in [0.15, 0.2) is 48.5 Å². The minimum absolute atomic E-state index is 0.559. The Kier molecular flexibility index (Phi) is 6.90. The predicted molar refractivity (Wildman–Crippen MR) is 94.2 cm³/mol. The zero-order valence-electron chi connectivity index (χ0n) is 12.6. The Morgan fingerprint density at radius 3 is 2.43 bits per heavy atom. The molecule has 1 atom stereocenters. The van der Waals surface area contributed by atoms with Gasteiger partial charge in [0.1, 0.15) is 6.04 Å². The largest absolute Gasteiger partial charge is 0.480 e. The summed E-state index contributed by atoms with van der Waals surface area (Å²) in [6.07, 6.45) is 2.73. The summed E-state index contributed by atoms with van der Waals surface area (Å²) in [5.74, 6) is -0.860. The van der Waals surface area contributed by atoms with Crippen molar-refractivity contribution in [3.05, 3.63) is 69.7 Å². The molecule has 2 rings (SSSR count). The molecule has 2 aromatic rings. The van der Waals surface area contributed by atoms with E-state index in [0.29, 0.717) is 16.6 Å². The van der Waals surface area contributed by atoms with E-state index >= 15 is 0 Å². The summed E-state index contributed by atoms with van der Waals surface area (Å²) < 4.78 is 0. The van der Waals surface area contributed by atoms with Gasteiger partial charge >= 0.3 is 5.97 Å². The Morgan fingerprint density at radius 1 is 1.04 bits per heavy atom. The molecule has 0 radical (unpaired) electrons. The summed E-state index contributed by atoms with van der Waals surface area (Å²) in [7, 11) is 0. The Balaban J connectivity index is 1.77. The highest BCUT2D eigenvalue weighted by atomic mass is 35.5. The number of aliphatic carboxylic acids is 1. The number of carboxylic acids is 1. The van der Waals surface area contributed by atoms with Crippen molar-refractivity contribution in [2.75, 3.05) is 6.54 Å². The van der Waals surface area contributed by atoms with Gasteiger partial charge in [0.2, 0.25) is 0 Å². The first-order valence-corrected chi connectivity index (χ1v) is 8.28. The van der Waals surface area contributed by atoms with Gasteiger partial charge in [-0.15, -0.1) is 0 Å². The van der Waals surface area contributed by atoms with E-state index in [0.717, 1.165) is 30.4 Å². The van der Waals surface area contributed by atoms with Crippen LogP contribution < -0.4 is 5.32 Å². The number of carbonyl (C=O) groups is 1. The number of benzene rings is 2. The minimum atomic E-state index is -0.860. The van der Waals surface area contributed by atoms with Gasteiger partial charge in [-0.25, -0.2) is 0 Å². The summed E-state index contributed by atoms with van der Waals surface area (Å²) in [5.41, 5.74) is 1.90. The third-order valence-corrected chi connectivity index (χ3v) is 4.34. The van der Waals surface area contributed by atoms with E-state index < -0.39 is 12.0 Å². The summed E-state index contributed by atoms with van der Waals surface area (Å²) in [6, 6.07) is 14.2. The molecule has 0 aliphatic heterocycles. The van der Waals surface area contributed by atoms with Gasteiger partial charge in [0.05, 0.1) is 10.0 Å². The van der Waals surface area contributed by atoms with Crippen LogP contribution in [0.1, 0.15) is 30.0 Å². The molecule has 0 aromatic heterocycles. The lowest BCUT2D eigenvalue weighted by Gasteiger charge is -2.14. The van der Waals surface area contributed by atoms with Crippen molar-refractivity contribution in [2.45, 2.75) is 25.3 Å². The highest BCUT2D eigenvalue weighted by Gasteiger charge is 2.17. The van der Waals surface area contributed by atoms with Crippen LogP contribution in [-0.4, -0.2) is 17.6 Å². The van der Waals surface area contributed by atoms with Crippen LogP contribution in [0.2, 0.25) is 10.0 Å². The molecule has 0 aliphatic carbocycles. The fourth-order valence-corrected chi connectivity index (χ4v) is 2.71. The number of carboxylic acid groups (broad SMARTS) is 1. The fourth-order valence-electron chi connectivity index (χ4n) is 2.39. The fraction of sp³-hybridized carbons (Fsp3) is 0.278. The van der Waals surface area contributed by atoms with Crippen LogP contribution in [0.3, 0.4) is 0 Å². The molecule has 0 aliphatic rings. The maximum atomic E-state index is 11.4. The summed E-state index contributed by atoms with van der Waals surface area (Å²) in [4.78, 5) is 11.4. The summed E-state index contributed by atoms with van der Waals surface area (Å²) in [5, 5.41) is 13.6. The van der Waals surface area contributed by atoms with Gasteiger partial charge in [-0.1, -0.05) is 59.6 Å². The molecular formula is C18H19Cl2NO2. The minimum Gasteiger partial charge on any atom is -0.480 e. The van der Waals surface area contributed by atoms with Gasteiger partial charge in [0, 0.05) is 0 Å². The SMILES string of the molecule is O=C(O)[C@H](NCCCCc1ccc(Cl)c(Cl)c1)c1ccccc1. The Bertz CT molecular complexity index is 647. The first-order chi connectivity index (χ1) is 11.1. The van der Waals surface area contributed by atoms with Crippen LogP contribution >= 0.6 is 23.2 Å². The molecule has 0 saturated carbocycles. The molecule has 2 N–H and O–H groups in total. The Morgan fingerprint density at radius 2 is 1.78 bits per heavy atom. The highest BCUT2D eigenvalue weighted by Crippen LogP contribution is 2.23. The zero-order chi connectivity index (χ0) is 16.7. The average Bonchev–Trinajstić information content (AvgIpc) is 2.54. The molecule has 0 heterocycles. The first-order valence-electron chi connectivity index (χ1n) is 7.53. The van der Waals surface area contributed by atoms with E-state index in [1.54, 1.807) is 6.07 Å². The molecular weight excluding hydrogens is 333 g/mol. The third kappa shape index (κ3) is 5.54. The number of unbranched alkanes of at least 4 members (excludes halogenated alkanes) is 1. The van der Waals surface area contributed by atoms with Crippen LogP contribution in [0, 0.1) is 0 Å². The van der Waals surface area contributed by atoms with E-state index in [1.165, 1.54) is 0 Å². The van der Waals surface area contributed by atoms with Gasteiger partial charge in [-0.3, -0.25) is 4.79 Å². The van der Waals surface area contributed by atoms with Crippen LogP contribution in [0.4, 0.5) is 0 Å². The van der Waals surface area contributed by atoms with E-state index in [1.807, 2.05) is 42.5 Å². The first kappa shape index (κ1) is 17.8. The Hall–Kier alpha value is -1.55. The predicted octanol–water partition coefficient (Wildman–Crippen LogP) is 4.73. The third-order valence-electron chi connectivity index (χ3n) is 3.60. The van der Waals surface area contributed by atoms with E-state index in [2.05, 4.69) is 5.32 Å². The quantitative estimate of drug-likeness (QED) is 0.675. The molecule has 0 unspecified atom stereocenters. The highest BCUT2D eigenvalue weighted by molar-refractivity contribution is 6.42. The van der Waals surface area contributed by atoms with Crippen molar-refractivity contribution in [1.29, 1.82) is 0 Å². The van der Waals surface area contributed by atoms with Gasteiger partial charge in [0.15, 0.2) is 0 Å². The number of rotatable bonds is 8. The molecule has 0 amide bonds. The van der Waals surface area contributed by atoms with Gasteiger partial charge in [-0.05, 0) is 49.1 Å². The topological polar surface area (TPSA) is 49.3 Å². The molecule has 23 heavy (non-hydrogen) atoms. The Labute approximate surface area is 146 Å². The summed E-state index contributed by atoms with van der Waals surface area (Å²) >= 11 is 11.9. The van der Waals surface area contributed by atoms with E-state index in [-0.39, 0.29) is 0 Å². The maximum Gasteiger partial charge on any atom is 0.325 e. The van der Waals surface area contributed by atoms with Gasteiger partial charge in [-0.2, -0.15) is 0 Å². The van der Waals surface area contributed by atoms with E-state index in [4.69, 9.17) is 23.2 Å². The number of halogens is 2. The molecule has 2 aromatic carbocycles. The molecule has 0 spiro atoms. The van der Waals surface area contributed by atoms with Crippen molar-refractivity contribution in [3.8, 4) is 0 Å². The second-order valence-electron chi connectivity index (χ2n) is 5.34. The lowest BCUT2D eigenvalue weighted by atomic mass is 10.1. The lowest BCUT2D eigenvalue weighted by molar-refractivity contribution is -0.139. The smallest absolute Gasteiger partial charge is 0.325 e. The molecule has 3 nitrogen and oxygen atoms in total.